The number of likely N-dealkylation sites (N-methyl/N-ethyl adjacent to an activating group) is 1. The number of fused-ring (bicyclic) bond motifs is 1. The van der Waals surface area contributed by atoms with Gasteiger partial charge in [-0.3, -0.25) is 4.79 Å². The highest BCUT2D eigenvalue weighted by Crippen LogP contribution is 2.35. The highest BCUT2D eigenvalue weighted by atomic mass is 19.4. The monoisotopic (exact) mass is 466 g/mol. The minimum absolute atomic E-state index is 0.123. The summed E-state index contributed by atoms with van der Waals surface area (Å²) in [5.41, 5.74) is 0.184. The number of aliphatic hydroxyl groups excluding tert-OH is 1. The van der Waals surface area contributed by atoms with Crippen LogP contribution in [0.2, 0.25) is 0 Å². The molecule has 1 aliphatic carbocycles. The highest BCUT2D eigenvalue weighted by molar-refractivity contribution is 6.03. The summed E-state index contributed by atoms with van der Waals surface area (Å²) in [6.07, 6.45) is -2.69. The molecule has 0 bridgehead atoms. The van der Waals surface area contributed by atoms with E-state index >= 15 is 0 Å². The summed E-state index contributed by atoms with van der Waals surface area (Å²) in [6.45, 7) is 3.70. The third-order valence-corrected chi connectivity index (χ3v) is 5.88. The predicted octanol–water partition coefficient (Wildman–Crippen LogP) is 2.61. The van der Waals surface area contributed by atoms with Crippen LogP contribution in [-0.4, -0.2) is 57.8 Å². The van der Waals surface area contributed by atoms with Crippen molar-refractivity contribution >= 4 is 23.4 Å². The van der Waals surface area contributed by atoms with Gasteiger partial charge in [-0.25, -0.2) is 9.97 Å². The van der Waals surface area contributed by atoms with Crippen LogP contribution in [-0.2, 0) is 11.0 Å². The molecule has 33 heavy (non-hydrogen) atoms. The van der Waals surface area contributed by atoms with Gasteiger partial charge in [0.1, 0.15) is 23.2 Å². The fourth-order valence-electron chi connectivity index (χ4n) is 4.09. The molecule has 12 heteroatoms. The van der Waals surface area contributed by atoms with Crippen LogP contribution in [0.4, 0.5) is 30.6 Å². The molecule has 4 rings (SSSR count). The number of carbonyl (C=O) groups excluding carboxylic acids is 1. The molecule has 0 radical (unpaired) electrons. The summed E-state index contributed by atoms with van der Waals surface area (Å²) in [4.78, 5) is 26.3. The van der Waals surface area contributed by atoms with E-state index in [1.807, 2.05) is 0 Å². The molecule has 2 atom stereocenters. The van der Waals surface area contributed by atoms with Crippen molar-refractivity contribution in [3.8, 4) is 5.75 Å². The molecule has 1 aliphatic heterocycles. The van der Waals surface area contributed by atoms with Gasteiger partial charge >= 0.3 is 6.18 Å². The number of hydrogen-bond donors (Lipinski definition) is 3. The Morgan fingerprint density at radius 1 is 1.33 bits per heavy atom. The van der Waals surface area contributed by atoms with Crippen molar-refractivity contribution < 1.29 is 27.8 Å². The summed E-state index contributed by atoms with van der Waals surface area (Å²) >= 11 is 0. The fourth-order valence-corrected chi connectivity index (χ4v) is 4.09. The highest BCUT2D eigenvalue weighted by Gasteiger charge is 2.37. The number of carbonyl (C=O) groups is 1. The molecule has 3 heterocycles. The van der Waals surface area contributed by atoms with Crippen LogP contribution in [0, 0.1) is 12.8 Å². The predicted molar refractivity (Wildman–Crippen MR) is 114 cm³/mol. The number of amides is 1. The van der Waals surface area contributed by atoms with Gasteiger partial charge in [0.05, 0.1) is 24.6 Å². The smallest absolute Gasteiger partial charge is 0.433 e. The molecule has 2 aromatic heterocycles. The summed E-state index contributed by atoms with van der Waals surface area (Å²) in [5, 5.41) is 16.0. The zero-order chi connectivity index (χ0) is 23.9. The molecule has 0 spiro atoms. The Balaban J connectivity index is 1.32. The lowest BCUT2D eigenvalue weighted by molar-refractivity contribution is -0.141. The molecule has 178 valence electrons. The van der Waals surface area contributed by atoms with Crippen molar-refractivity contribution in [3.63, 3.8) is 0 Å². The third kappa shape index (κ3) is 4.80. The number of halogens is 3. The molecule has 1 saturated carbocycles. The Bertz CT molecular complexity index is 1030. The number of aromatic nitrogens is 3. The van der Waals surface area contributed by atoms with Crippen LogP contribution in [0.25, 0.3) is 0 Å². The minimum atomic E-state index is -4.47. The third-order valence-electron chi connectivity index (χ3n) is 5.88. The van der Waals surface area contributed by atoms with E-state index in [-0.39, 0.29) is 17.9 Å². The van der Waals surface area contributed by atoms with Crippen LogP contribution < -0.4 is 20.3 Å². The molecule has 2 aliphatic rings. The van der Waals surface area contributed by atoms with Gasteiger partial charge in [-0.15, -0.1) is 0 Å². The number of ether oxygens (including phenoxy) is 1. The Morgan fingerprint density at radius 2 is 2.06 bits per heavy atom. The molecule has 2 aromatic rings. The number of alkyl halides is 3. The Hall–Kier alpha value is -3.15. The van der Waals surface area contributed by atoms with Gasteiger partial charge in [-0.2, -0.15) is 18.2 Å². The molecule has 1 fully saturated rings. The number of nitrogens with zero attached hydrogens (tertiary/aromatic N) is 4. The Kier molecular flexibility index (Phi) is 6.04. The maximum atomic E-state index is 12.6. The van der Waals surface area contributed by atoms with Crippen LogP contribution >= 0.6 is 0 Å². The molecule has 9 nitrogen and oxygen atoms in total. The second-order valence-electron chi connectivity index (χ2n) is 8.48. The van der Waals surface area contributed by atoms with E-state index in [0.29, 0.717) is 35.5 Å². The molecule has 1 amide bonds. The standard InChI is InChI=1S/C21H25F3N6O3/c1-10-16-18(30(3)17(11(2)31)19(32)28-16)29-20(26-10)27-13-6-12(7-13)9-33-14-4-5-15(25-8-14)21(22,23)24/h4-5,8,11-13,17,31H,6-7,9H2,1-3H3,(H,28,32)(H,26,27,29)/t11-,12?,13?,17?/m1/s1. The molecule has 0 aromatic carbocycles. The maximum absolute atomic E-state index is 12.6. The second-order valence-corrected chi connectivity index (χ2v) is 8.48. The van der Waals surface area contributed by atoms with Gasteiger partial charge in [-0.1, -0.05) is 0 Å². The van der Waals surface area contributed by atoms with Gasteiger partial charge in [0, 0.05) is 13.1 Å². The van der Waals surface area contributed by atoms with E-state index in [1.165, 1.54) is 6.07 Å². The largest absolute Gasteiger partial charge is 0.492 e. The molecule has 0 saturated heterocycles. The molecule has 3 N–H and O–H groups in total. The SMILES string of the molecule is Cc1nc(NC2CC(COc3ccc(C(F)(F)F)nc3)C2)nc2c1NC(=O)C([C@@H](C)O)N2C. The number of aryl methyl sites for hydroxylation is 1. The average Bonchev–Trinajstić information content (AvgIpc) is 2.70. The van der Waals surface area contributed by atoms with E-state index in [9.17, 15) is 23.1 Å². The van der Waals surface area contributed by atoms with Crippen molar-refractivity contribution in [1.29, 1.82) is 0 Å². The lowest BCUT2D eigenvalue weighted by Gasteiger charge is -2.38. The van der Waals surface area contributed by atoms with Crippen LogP contribution in [0.15, 0.2) is 18.3 Å². The normalized spacial score (nSPS) is 23.3. The van der Waals surface area contributed by atoms with Gasteiger partial charge in [-0.05, 0) is 44.7 Å². The van der Waals surface area contributed by atoms with E-state index < -0.39 is 24.0 Å². The second kappa shape index (κ2) is 8.65. The van der Waals surface area contributed by atoms with Crippen LogP contribution in [0.5, 0.6) is 5.75 Å². The van der Waals surface area contributed by atoms with Crippen molar-refractivity contribution in [2.45, 2.75) is 51.1 Å². The van der Waals surface area contributed by atoms with E-state index in [0.717, 1.165) is 25.1 Å². The van der Waals surface area contributed by atoms with E-state index in [1.54, 1.807) is 25.8 Å². The van der Waals surface area contributed by atoms with Gasteiger partial charge in [0.2, 0.25) is 11.9 Å². The van der Waals surface area contributed by atoms with Crippen molar-refractivity contribution in [2.24, 2.45) is 5.92 Å². The van der Waals surface area contributed by atoms with Gasteiger partial charge in [0.15, 0.2) is 5.82 Å². The van der Waals surface area contributed by atoms with Crippen molar-refractivity contribution in [1.82, 2.24) is 15.0 Å². The quantitative estimate of drug-likeness (QED) is 0.596. The zero-order valence-corrected chi connectivity index (χ0v) is 18.3. The lowest BCUT2D eigenvalue weighted by atomic mass is 9.81. The summed E-state index contributed by atoms with van der Waals surface area (Å²) in [7, 11) is 1.71. The van der Waals surface area contributed by atoms with Crippen molar-refractivity contribution in [2.75, 3.05) is 29.2 Å². The van der Waals surface area contributed by atoms with E-state index in [2.05, 4.69) is 25.6 Å². The number of rotatable bonds is 6. The van der Waals surface area contributed by atoms with Gasteiger partial charge in [0.25, 0.3) is 0 Å². The minimum Gasteiger partial charge on any atom is -0.492 e. The Labute approximate surface area is 188 Å². The summed E-state index contributed by atoms with van der Waals surface area (Å²) in [6, 6.07) is 1.55. The number of hydrogen-bond acceptors (Lipinski definition) is 8. The fraction of sp³-hybridized carbons (Fsp3) is 0.524. The summed E-state index contributed by atoms with van der Waals surface area (Å²) in [5.74, 6) is 1.19. The van der Waals surface area contributed by atoms with Crippen LogP contribution in [0.1, 0.15) is 31.2 Å². The number of pyridine rings is 1. The average molecular weight is 466 g/mol. The number of nitrogens with one attached hydrogen (secondary N) is 2. The molecular formula is C21H25F3N6O3. The topological polar surface area (TPSA) is 112 Å². The summed E-state index contributed by atoms with van der Waals surface area (Å²) < 4.78 is 43.3. The van der Waals surface area contributed by atoms with Gasteiger partial charge < -0.3 is 25.4 Å². The zero-order valence-electron chi connectivity index (χ0n) is 18.3. The first-order chi connectivity index (χ1) is 15.5. The first-order valence-electron chi connectivity index (χ1n) is 10.6. The Morgan fingerprint density at radius 3 is 2.67 bits per heavy atom. The first kappa shape index (κ1) is 23.0. The first-order valence-corrected chi connectivity index (χ1v) is 10.6. The maximum Gasteiger partial charge on any atom is 0.433 e. The number of anilines is 3. The van der Waals surface area contributed by atoms with Crippen LogP contribution in [0.3, 0.4) is 0 Å². The van der Waals surface area contributed by atoms with E-state index in [4.69, 9.17) is 4.74 Å². The number of aliphatic hydroxyl groups is 1. The molecular weight excluding hydrogens is 441 g/mol. The van der Waals surface area contributed by atoms with Crippen molar-refractivity contribution in [3.05, 3.63) is 29.7 Å². The molecule has 1 unspecified atom stereocenters. The lowest BCUT2D eigenvalue weighted by Crippen LogP contribution is -2.52.